The van der Waals surface area contributed by atoms with Gasteiger partial charge in [0, 0.05) is 62.1 Å². The average Bonchev–Trinajstić information content (AvgIpc) is 3.55. The minimum absolute atomic E-state index is 0.00553. The summed E-state index contributed by atoms with van der Waals surface area (Å²) in [5.74, 6) is -0.204. The maximum absolute atomic E-state index is 14.7. The van der Waals surface area contributed by atoms with Gasteiger partial charge in [0.25, 0.3) is 0 Å². The number of amides is 1. The van der Waals surface area contributed by atoms with Crippen LogP contribution in [-0.4, -0.2) is 74.2 Å². The van der Waals surface area contributed by atoms with Crippen LogP contribution in [0.5, 0.6) is 0 Å². The van der Waals surface area contributed by atoms with Gasteiger partial charge in [-0.25, -0.2) is 9.37 Å². The van der Waals surface area contributed by atoms with Crippen LogP contribution in [0.3, 0.4) is 0 Å². The van der Waals surface area contributed by atoms with Crippen molar-refractivity contribution < 1.29 is 22.4 Å². The van der Waals surface area contributed by atoms with E-state index in [0.29, 0.717) is 61.0 Å². The van der Waals surface area contributed by atoms with Gasteiger partial charge in [0.05, 0.1) is 17.9 Å². The number of alkyl halides is 3. The first-order valence-electron chi connectivity index (χ1n) is 13.7. The predicted octanol–water partition coefficient (Wildman–Crippen LogP) is 4.83. The van der Waals surface area contributed by atoms with Crippen LogP contribution < -0.4 is 4.90 Å². The highest BCUT2D eigenvalue weighted by atomic mass is 35.5. The standard InChI is InChI=1S/C28H30ClF4N7O/c1-17-12-19(30)13-20(26(17)29)27-22(37-8-10-38(11-9-37)24-15-34-5-6-35-24)4-7-39(27)25(41)16-40-23(28(31,32)33)14-21(36-40)18-2-3-18/h5-6,12-15,18,22,27H,2-4,7-11,16H2,1H3/t22-,27-/m1/s1. The maximum atomic E-state index is 14.7. The Hall–Kier alpha value is -3.25. The van der Waals surface area contributed by atoms with Gasteiger partial charge in [-0.05, 0) is 55.5 Å². The molecule has 3 aromatic rings. The van der Waals surface area contributed by atoms with Crippen LogP contribution >= 0.6 is 11.6 Å². The minimum atomic E-state index is -4.64. The largest absolute Gasteiger partial charge is 0.433 e. The number of rotatable bonds is 6. The van der Waals surface area contributed by atoms with Gasteiger partial charge >= 0.3 is 6.18 Å². The monoisotopic (exact) mass is 591 g/mol. The first-order valence-corrected chi connectivity index (χ1v) is 14.1. The normalized spacial score (nSPS) is 22.0. The zero-order valence-corrected chi connectivity index (χ0v) is 23.2. The molecule has 0 bridgehead atoms. The summed E-state index contributed by atoms with van der Waals surface area (Å²) in [5, 5.41) is 4.53. The molecule has 6 rings (SSSR count). The minimum Gasteiger partial charge on any atom is -0.353 e. The number of benzene rings is 1. The Bertz CT molecular complexity index is 1420. The quantitative estimate of drug-likeness (QED) is 0.382. The van der Waals surface area contributed by atoms with E-state index < -0.39 is 36.2 Å². The summed E-state index contributed by atoms with van der Waals surface area (Å²) in [6.45, 7) is 4.13. The molecule has 2 saturated heterocycles. The second kappa shape index (κ2) is 10.9. The van der Waals surface area contributed by atoms with Crippen LogP contribution in [-0.2, 0) is 17.5 Å². The summed E-state index contributed by atoms with van der Waals surface area (Å²) in [7, 11) is 0. The fraction of sp³-hybridized carbons (Fsp3) is 0.500. The number of carbonyl (C=O) groups is 1. The van der Waals surface area contributed by atoms with Crippen molar-refractivity contribution in [1.29, 1.82) is 0 Å². The summed E-state index contributed by atoms with van der Waals surface area (Å²) in [5.41, 5.74) is 0.435. The Kier molecular flexibility index (Phi) is 7.39. The Balaban J connectivity index is 1.28. The van der Waals surface area contributed by atoms with Crippen LogP contribution in [0.15, 0.2) is 36.8 Å². The van der Waals surface area contributed by atoms with Crippen molar-refractivity contribution in [3.63, 3.8) is 0 Å². The molecule has 0 radical (unpaired) electrons. The molecule has 218 valence electrons. The van der Waals surface area contributed by atoms with E-state index in [1.54, 1.807) is 30.4 Å². The molecule has 13 heteroatoms. The van der Waals surface area contributed by atoms with Gasteiger partial charge < -0.3 is 9.80 Å². The summed E-state index contributed by atoms with van der Waals surface area (Å²) < 4.78 is 57.0. The number of halogens is 5. The van der Waals surface area contributed by atoms with Crippen molar-refractivity contribution in [3.8, 4) is 0 Å². The zero-order valence-electron chi connectivity index (χ0n) is 22.5. The summed E-state index contributed by atoms with van der Waals surface area (Å²) >= 11 is 6.70. The molecule has 0 spiro atoms. The average molecular weight is 592 g/mol. The molecule has 1 amide bonds. The molecular weight excluding hydrogens is 562 g/mol. The van der Waals surface area contributed by atoms with Crippen molar-refractivity contribution in [2.45, 2.75) is 56.9 Å². The topological polar surface area (TPSA) is 70.4 Å². The Morgan fingerprint density at radius 2 is 1.80 bits per heavy atom. The molecule has 3 fully saturated rings. The summed E-state index contributed by atoms with van der Waals surface area (Å²) in [6, 6.07) is 2.91. The molecule has 4 heterocycles. The molecule has 0 unspecified atom stereocenters. The van der Waals surface area contributed by atoms with Crippen LogP contribution in [0.2, 0.25) is 5.02 Å². The van der Waals surface area contributed by atoms with Gasteiger partial charge in [0.2, 0.25) is 5.91 Å². The van der Waals surface area contributed by atoms with Gasteiger partial charge in [0.15, 0.2) is 0 Å². The maximum Gasteiger partial charge on any atom is 0.433 e. The molecule has 2 aliphatic heterocycles. The summed E-state index contributed by atoms with van der Waals surface area (Å²) in [6.07, 6.45) is 2.49. The molecule has 2 atom stereocenters. The van der Waals surface area contributed by atoms with Crippen molar-refractivity contribution in [2.75, 3.05) is 37.6 Å². The number of piperazine rings is 1. The number of nitrogens with zero attached hydrogens (tertiary/aromatic N) is 7. The highest BCUT2D eigenvalue weighted by Gasteiger charge is 2.44. The van der Waals surface area contributed by atoms with E-state index in [9.17, 15) is 22.4 Å². The number of carbonyl (C=O) groups excluding carboxylic acids is 1. The fourth-order valence-corrected chi connectivity index (χ4v) is 6.32. The third kappa shape index (κ3) is 5.63. The van der Waals surface area contributed by atoms with Gasteiger partial charge in [-0.15, -0.1) is 0 Å². The van der Waals surface area contributed by atoms with Crippen LogP contribution in [0.25, 0.3) is 0 Å². The van der Waals surface area contributed by atoms with Crippen LogP contribution in [0, 0.1) is 12.7 Å². The second-order valence-corrected chi connectivity index (χ2v) is 11.4. The van der Waals surface area contributed by atoms with E-state index in [1.165, 1.54) is 12.1 Å². The van der Waals surface area contributed by atoms with Crippen molar-refractivity contribution in [1.82, 2.24) is 29.5 Å². The van der Waals surface area contributed by atoms with E-state index >= 15 is 0 Å². The van der Waals surface area contributed by atoms with Gasteiger partial charge in [-0.3, -0.25) is 19.4 Å². The Morgan fingerprint density at radius 3 is 2.46 bits per heavy atom. The van der Waals surface area contributed by atoms with Gasteiger partial charge in [0.1, 0.15) is 23.9 Å². The molecule has 3 aliphatic rings. The lowest BCUT2D eigenvalue weighted by molar-refractivity contribution is -0.146. The van der Waals surface area contributed by atoms with Crippen molar-refractivity contribution in [2.24, 2.45) is 0 Å². The molecule has 0 N–H and O–H groups in total. The Labute approximate surface area is 239 Å². The lowest BCUT2D eigenvalue weighted by Crippen LogP contribution is -2.52. The predicted molar refractivity (Wildman–Crippen MR) is 144 cm³/mol. The number of hydrogen-bond acceptors (Lipinski definition) is 6. The van der Waals surface area contributed by atoms with Gasteiger partial charge in [-0.1, -0.05) is 11.6 Å². The zero-order chi connectivity index (χ0) is 28.9. The van der Waals surface area contributed by atoms with E-state index in [1.807, 2.05) is 0 Å². The number of aryl methyl sites for hydroxylation is 1. The van der Waals surface area contributed by atoms with E-state index in [2.05, 4.69) is 24.9 Å². The van der Waals surface area contributed by atoms with Crippen LogP contribution in [0.1, 0.15) is 53.7 Å². The van der Waals surface area contributed by atoms with Crippen molar-refractivity contribution in [3.05, 3.63) is 70.1 Å². The highest BCUT2D eigenvalue weighted by molar-refractivity contribution is 6.32. The number of aromatic nitrogens is 4. The van der Waals surface area contributed by atoms with E-state index in [4.69, 9.17) is 11.6 Å². The number of anilines is 1. The molecule has 41 heavy (non-hydrogen) atoms. The van der Waals surface area contributed by atoms with Crippen LogP contribution in [0.4, 0.5) is 23.4 Å². The molecule has 1 aromatic carbocycles. The molecule has 1 saturated carbocycles. The third-order valence-corrected chi connectivity index (χ3v) is 8.80. The molecule has 2 aromatic heterocycles. The number of hydrogen-bond donors (Lipinski definition) is 0. The summed E-state index contributed by atoms with van der Waals surface area (Å²) in [4.78, 5) is 28.2. The smallest absolute Gasteiger partial charge is 0.353 e. The lowest BCUT2D eigenvalue weighted by Gasteiger charge is -2.41. The molecule has 1 aliphatic carbocycles. The SMILES string of the molecule is Cc1cc(F)cc([C@@H]2[C@H](N3CCN(c4cnccn4)CC3)CCN2C(=O)Cn2nc(C3CC3)cc2C(F)(F)F)c1Cl. The third-order valence-electron chi connectivity index (χ3n) is 8.28. The highest BCUT2D eigenvalue weighted by Crippen LogP contribution is 2.43. The first kappa shape index (κ1) is 27.9. The Morgan fingerprint density at radius 1 is 1.05 bits per heavy atom. The van der Waals surface area contributed by atoms with E-state index in [-0.39, 0.29) is 12.0 Å². The van der Waals surface area contributed by atoms with Crippen molar-refractivity contribution >= 4 is 23.3 Å². The van der Waals surface area contributed by atoms with Gasteiger partial charge in [-0.2, -0.15) is 18.3 Å². The first-order chi connectivity index (χ1) is 19.6. The second-order valence-electron chi connectivity index (χ2n) is 11.0. The van der Waals surface area contributed by atoms with E-state index in [0.717, 1.165) is 29.4 Å². The lowest BCUT2D eigenvalue weighted by atomic mass is 9.96. The molecule has 8 nitrogen and oxygen atoms in total. The number of likely N-dealkylation sites (tertiary alicyclic amines) is 1. The molecular formula is C28H30ClF4N7O. The fourth-order valence-electron chi connectivity index (χ4n) is 6.10.